The predicted molar refractivity (Wildman–Crippen MR) is 111 cm³/mol. The number of alkyl halides is 2. The molecule has 0 aliphatic heterocycles. The molecule has 0 aliphatic rings. The number of aromatic nitrogens is 3. The van der Waals surface area contributed by atoms with Crippen molar-refractivity contribution in [1.29, 1.82) is 0 Å². The topological polar surface area (TPSA) is 88.0 Å². The summed E-state index contributed by atoms with van der Waals surface area (Å²) in [4.78, 5) is 12.8. The summed E-state index contributed by atoms with van der Waals surface area (Å²) < 4.78 is 69.9. The number of pyridine rings is 1. The van der Waals surface area contributed by atoms with Crippen molar-refractivity contribution < 1.29 is 25.6 Å². The number of aryl methyl sites for hydroxylation is 1. The summed E-state index contributed by atoms with van der Waals surface area (Å²) in [5.41, 5.74) is -0.629. The highest BCUT2D eigenvalue weighted by Gasteiger charge is 2.35. The fourth-order valence-corrected chi connectivity index (χ4v) is 3.79. The highest BCUT2D eigenvalue weighted by atomic mass is 31.2. The van der Waals surface area contributed by atoms with Crippen LogP contribution >= 0.6 is 7.14 Å². The molecule has 3 rings (SSSR count). The van der Waals surface area contributed by atoms with Gasteiger partial charge in [-0.1, -0.05) is 12.1 Å². The third kappa shape index (κ3) is 4.32. The van der Waals surface area contributed by atoms with Crippen molar-refractivity contribution in [3.8, 4) is 0 Å². The Hall–Kier alpha value is -2.51. The molecule has 0 aliphatic carbocycles. The van der Waals surface area contributed by atoms with Gasteiger partial charge in [0.2, 0.25) is 0 Å². The largest absolute Gasteiger partial charge is 0.390 e. The van der Waals surface area contributed by atoms with Crippen molar-refractivity contribution in [3.05, 3.63) is 53.2 Å². The SMILES string of the molecule is [2H]C([2H])(O)C(F)(F)c1cccc([C@@H](C)Nc2nc(C)nc3cnc(P(C)(C)=O)cc23)c1F. The van der Waals surface area contributed by atoms with Crippen LogP contribution in [-0.4, -0.2) is 39.9 Å². The fraction of sp³-hybridized carbons (Fsp3) is 0.350. The second-order valence-electron chi connectivity index (χ2n) is 7.29. The minimum absolute atomic E-state index is 0.179. The maximum absolute atomic E-state index is 15.0. The lowest BCUT2D eigenvalue weighted by molar-refractivity contribution is -0.0583. The van der Waals surface area contributed by atoms with Crippen LogP contribution in [0.2, 0.25) is 0 Å². The first-order chi connectivity index (χ1) is 14.6. The van der Waals surface area contributed by atoms with E-state index >= 15 is 0 Å². The van der Waals surface area contributed by atoms with Gasteiger partial charge in [-0.25, -0.2) is 14.4 Å². The van der Waals surface area contributed by atoms with Crippen molar-refractivity contribution in [1.82, 2.24) is 15.0 Å². The molecule has 0 fully saturated rings. The molecule has 3 aromatic rings. The summed E-state index contributed by atoms with van der Waals surface area (Å²) in [5.74, 6) is -5.16. The normalized spacial score (nSPS) is 14.9. The summed E-state index contributed by atoms with van der Waals surface area (Å²) in [5, 5.41) is 12.6. The van der Waals surface area contributed by atoms with E-state index in [1.54, 1.807) is 26.3 Å². The summed E-state index contributed by atoms with van der Waals surface area (Å²) in [7, 11) is -2.69. The third-order valence-electron chi connectivity index (χ3n) is 4.56. The molecule has 0 amide bonds. The van der Waals surface area contributed by atoms with Crippen LogP contribution in [0.4, 0.5) is 19.0 Å². The summed E-state index contributed by atoms with van der Waals surface area (Å²) in [6.45, 7) is 2.34. The monoisotopic (exact) mass is 440 g/mol. The van der Waals surface area contributed by atoms with Crippen LogP contribution in [0, 0.1) is 12.7 Å². The first-order valence-electron chi connectivity index (χ1n) is 9.98. The summed E-state index contributed by atoms with van der Waals surface area (Å²) >= 11 is 0. The smallest absolute Gasteiger partial charge is 0.298 e. The zero-order valence-corrected chi connectivity index (χ0v) is 17.6. The molecular formula is C20H22F3N4O2P. The molecule has 2 heterocycles. The molecule has 0 saturated heterocycles. The highest BCUT2D eigenvalue weighted by Crippen LogP contribution is 2.36. The molecule has 0 saturated carbocycles. The first-order valence-corrected chi connectivity index (χ1v) is 11.6. The number of benzene rings is 1. The second kappa shape index (κ2) is 7.96. The molecular weight excluding hydrogens is 416 g/mol. The van der Waals surface area contributed by atoms with Gasteiger partial charge in [0, 0.05) is 10.9 Å². The Morgan fingerprint density at radius 2 is 2.03 bits per heavy atom. The van der Waals surface area contributed by atoms with Crippen LogP contribution in [0.5, 0.6) is 0 Å². The lowest BCUT2D eigenvalue weighted by atomic mass is 10.00. The highest BCUT2D eigenvalue weighted by molar-refractivity contribution is 7.69. The number of rotatable bonds is 6. The zero-order chi connectivity index (χ0) is 24.1. The van der Waals surface area contributed by atoms with Gasteiger partial charge < -0.3 is 15.0 Å². The minimum Gasteiger partial charge on any atom is -0.390 e. The Labute approximate surface area is 174 Å². The number of aliphatic hydroxyl groups is 1. The second-order valence-corrected chi connectivity index (χ2v) is 10.5. The molecule has 1 atom stereocenters. The Bertz CT molecular complexity index is 1230. The quantitative estimate of drug-likeness (QED) is 0.564. The number of hydrogen-bond acceptors (Lipinski definition) is 6. The average molecular weight is 440 g/mol. The van der Waals surface area contributed by atoms with Crippen molar-refractivity contribution in [2.75, 3.05) is 25.2 Å². The molecule has 2 aromatic heterocycles. The average Bonchev–Trinajstić information content (AvgIpc) is 2.65. The van der Waals surface area contributed by atoms with E-state index in [9.17, 15) is 22.8 Å². The summed E-state index contributed by atoms with van der Waals surface area (Å²) in [6, 6.07) is 3.85. The van der Waals surface area contributed by atoms with E-state index in [0.717, 1.165) is 12.1 Å². The Kier molecular flexibility index (Phi) is 5.16. The first kappa shape index (κ1) is 19.5. The molecule has 1 aromatic carbocycles. The lowest BCUT2D eigenvalue weighted by Crippen LogP contribution is -2.22. The van der Waals surface area contributed by atoms with Crippen LogP contribution in [0.25, 0.3) is 10.9 Å². The number of anilines is 1. The van der Waals surface area contributed by atoms with Crippen LogP contribution in [0.1, 0.15) is 32.7 Å². The third-order valence-corrected chi connectivity index (χ3v) is 5.91. The van der Waals surface area contributed by atoms with Gasteiger partial charge in [0.15, 0.2) is 0 Å². The number of fused-ring (bicyclic) bond motifs is 1. The van der Waals surface area contributed by atoms with Crippen LogP contribution < -0.4 is 10.8 Å². The molecule has 0 spiro atoms. The van der Waals surface area contributed by atoms with Crippen molar-refractivity contribution in [2.24, 2.45) is 0 Å². The van der Waals surface area contributed by atoms with Crippen molar-refractivity contribution >= 4 is 29.3 Å². The van der Waals surface area contributed by atoms with Crippen LogP contribution in [0.3, 0.4) is 0 Å². The molecule has 0 bridgehead atoms. The van der Waals surface area contributed by atoms with Crippen molar-refractivity contribution in [3.63, 3.8) is 0 Å². The van der Waals surface area contributed by atoms with E-state index in [1.165, 1.54) is 19.2 Å². The molecule has 0 radical (unpaired) electrons. The number of nitrogens with one attached hydrogen (secondary N) is 1. The Balaban J connectivity index is 2.07. The van der Waals surface area contributed by atoms with E-state index in [4.69, 9.17) is 2.74 Å². The van der Waals surface area contributed by atoms with E-state index in [1.807, 2.05) is 0 Å². The molecule has 2 N–H and O–H groups in total. The van der Waals surface area contributed by atoms with Crippen molar-refractivity contribution in [2.45, 2.75) is 25.8 Å². The van der Waals surface area contributed by atoms with E-state index in [0.29, 0.717) is 22.2 Å². The van der Waals surface area contributed by atoms with E-state index < -0.39 is 37.0 Å². The molecule has 10 heteroatoms. The molecule has 160 valence electrons. The molecule has 30 heavy (non-hydrogen) atoms. The van der Waals surface area contributed by atoms with Gasteiger partial charge >= 0.3 is 0 Å². The van der Waals surface area contributed by atoms with Crippen LogP contribution in [-0.2, 0) is 10.5 Å². The van der Waals surface area contributed by atoms with E-state index in [2.05, 4.69) is 20.3 Å². The standard InChI is InChI=1S/C20H22F3N4O2P/c1-11(13-6-5-7-15(18(13)21)20(22,23)10-28)25-19-14-8-17(30(3,4)29)24-9-16(14)26-12(2)27-19/h5-9,11,28H,10H2,1-4H3,(H,25,26,27)/t11-/m1/s1/i10D2. The van der Waals surface area contributed by atoms with E-state index in [-0.39, 0.29) is 11.4 Å². The number of halogens is 3. The van der Waals surface area contributed by atoms with Gasteiger partial charge in [-0.05, 0) is 39.3 Å². The van der Waals surface area contributed by atoms with Crippen LogP contribution in [0.15, 0.2) is 30.5 Å². The summed E-state index contributed by atoms with van der Waals surface area (Å²) in [6.07, 6.45) is 1.46. The lowest BCUT2D eigenvalue weighted by Gasteiger charge is -2.21. The minimum atomic E-state index is -4.46. The zero-order valence-electron chi connectivity index (χ0n) is 18.7. The van der Waals surface area contributed by atoms with Gasteiger partial charge in [0.1, 0.15) is 36.6 Å². The van der Waals surface area contributed by atoms with Gasteiger partial charge in [-0.3, -0.25) is 4.98 Å². The predicted octanol–water partition coefficient (Wildman–Crippen LogP) is 3.98. The van der Waals surface area contributed by atoms with Gasteiger partial charge in [-0.2, -0.15) is 8.78 Å². The van der Waals surface area contributed by atoms with Gasteiger partial charge in [0.05, 0.1) is 26.1 Å². The fourth-order valence-electron chi connectivity index (χ4n) is 3.01. The number of nitrogens with zero attached hydrogens (tertiary/aromatic N) is 3. The number of hydrogen-bond donors (Lipinski definition) is 2. The maximum Gasteiger partial charge on any atom is 0.298 e. The maximum atomic E-state index is 15.0. The Morgan fingerprint density at radius 3 is 2.67 bits per heavy atom. The van der Waals surface area contributed by atoms with Gasteiger partial charge in [0.25, 0.3) is 5.92 Å². The Morgan fingerprint density at radius 1 is 1.33 bits per heavy atom. The van der Waals surface area contributed by atoms with Gasteiger partial charge in [-0.15, -0.1) is 0 Å². The molecule has 0 unspecified atom stereocenters. The molecule has 6 nitrogen and oxygen atoms in total.